The standard InChI is InChI=1S/C14H17N3O3/c1-8-5-16-13(19)11-10(6-15-12(8)11)14(20)17-4-2-3-9(18)7-17/h5-6,9,15,18H,2-4,7H2,1H3,(H,16,19). The van der Waals surface area contributed by atoms with Crippen molar-refractivity contribution in [3.8, 4) is 0 Å². The summed E-state index contributed by atoms with van der Waals surface area (Å²) < 4.78 is 0. The molecule has 0 spiro atoms. The van der Waals surface area contributed by atoms with Crippen LogP contribution in [-0.2, 0) is 0 Å². The van der Waals surface area contributed by atoms with Gasteiger partial charge in [-0.25, -0.2) is 0 Å². The average molecular weight is 275 g/mol. The SMILES string of the molecule is Cc1c[nH]c(=O)c2c(C(=O)N3CCCC(O)C3)c[nH]c12. The number of nitrogens with zero attached hydrogens (tertiary/aromatic N) is 1. The predicted octanol–water partition coefficient (Wildman–Crippen LogP) is 0.762. The molecule has 1 aliphatic heterocycles. The van der Waals surface area contributed by atoms with Crippen LogP contribution in [0.25, 0.3) is 10.9 Å². The minimum absolute atomic E-state index is 0.203. The van der Waals surface area contributed by atoms with Crippen molar-refractivity contribution in [1.82, 2.24) is 14.9 Å². The van der Waals surface area contributed by atoms with E-state index in [4.69, 9.17) is 0 Å². The van der Waals surface area contributed by atoms with Gasteiger partial charge in [-0.1, -0.05) is 0 Å². The first-order valence-electron chi connectivity index (χ1n) is 6.74. The van der Waals surface area contributed by atoms with Gasteiger partial charge in [0.05, 0.1) is 22.6 Å². The van der Waals surface area contributed by atoms with Crippen molar-refractivity contribution in [2.45, 2.75) is 25.9 Å². The molecule has 0 bridgehead atoms. The van der Waals surface area contributed by atoms with Crippen LogP contribution < -0.4 is 5.56 Å². The normalized spacial score (nSPS) is 19.5. The van der Waals surface area contributed by atoms with Gasteiger partial charge in [-0.05, 0) is 25.3 Å². The number of aliphatic hydroxyl groups is 1. The van der Waals surface area contributed by atoms with E-state index < -0.39 is 6.10 Å². The number of amides is 1. The highest BCUT2D eigenvalue weighted by atomic mass is 16.3. The zero-order chi connectivity index (χ0) is 14.3. The summed E-state index contributed by atoms with van der Waals surface area (Å²) in [6.07, 6.45) is 4.23. The maximum absolute atomic E-state index is 12.5. The van der Waals surface area contributed by atoms with Gasteiger partial charge in [0.25, 0.3) is 11.5 Å². The number of likely N-dealkylation sites (tertiary alicyclic amines) is 1. The minimum atomic E-state index is -0.474. The fourth-order valence-electron chi connectivity index (χ4n) is 2.77. The molecule has 6 nitrogen and oxygen atoms in total. The van der Waals surface area contributed by atoms with Crippen LogP contribution >= 0.6 is 0 Å². The highest BCUT2D eigenvalue weighted by molar-refractivity contribution is 6.07. The molecular weight excluding hydrogens is 258 g/mol. The maximum Gasteiger partial charge on any atom is 0.258 e. The molecule has 3 heterocycles. The Kier molecular flexibility index (Phi) is 3.10. The van der Waals surface area contributed by atoms with E-state index in [0.29, 0.717) is 29.6 Å². The van der Waals surface area contributed by atoms with Gasteiger partial charge >= 0.3 is 0 Å². The number of nitrogens with one attached hydrogen (secondary N) is 2. The third-order valence-corrected chi connectivity index (χ3v) is 3.84. The highest BCUT2D eigenvalue weighted by Crippen LogP contribution is 2.20. The monoisotopic (exact) mass is 275 g/mol. The van der Waals surface area contributed by atoms with Gasteiger partial charge in [0, 0.05) is 25.5 Å². The average Bonchev–Trinajstić information content (AvgIpc) is 2.88. The van der Waals surface area contributed by atoms with E-state index in [2.05, 4.69) is 9.97 Å². The Morgan fingerprint density at radius 1 is 1.40 bits per heavy atom. The van der Waals surface area contributed by atoms with Crippen molar-refractivity contribution < 1.29 is 9.90 Å². The number of pyridine rings is 1. The number of H-pyrrole nitrogens is 2. The molecular formula is C14H17N3O3. The van der Waals surface area contributed by atoms with Gasteiger partial charge in [-0.2, -0.15) is 0 Å². The zero-order valence-corrected chi connectivity index (χ0v) is 11.3. The Morgan fingerprint density at radius 3 is 2.95 bits per heavy atom. The second-order valence-corrected chi connectivity index (χ2v) is 5.30. The fourth-order valence-corrected chi connectivity index (χ4v) is 2.77. The van der Waals surface area contributed by atoms with Gasteiger partial charge in [0.1, 0.15) is 0 Å². The number of β-amino-alcohol motifs (C(OH)–C–C–N with tert-alkyl or cyclic N) is 1. The van der Waals surface area contributed by atoms with Crippen molar-refractivity contribution in [1.29, 1.82) is 0 Å². The second kappa shape index (κ2) is 4.79. The molecule has 3 rings (SSSR count). The van der Waals surface area contributed by atoms with E-state index in [9.17, 15) is 14.7 Å². The van der Waals surface area contributed by atoms with E-state index in [1.54, 1.807) is 17.3 Å². The number of hydrogen-bond donors (Lipinski definition) is 3. The van der Waals surface area contributed by atoms with Gasteiger partial charge < -0.3 is 20.0 Å². The number of hydrogen-bond acceptors (Lipinski definition) is 3. The Hall–Kier alpha value is -2.08. The summed E-state index contributed by atoms with van der Waals surface area (Å²) in [6.45, 7) is 2.81. The van der Waals surface area contributed by atoms with Crippen LogP contribution in [-0.4, -0.2) is 45.1 Å². The number of carbonyl (C=O) groups excluding carboxylic acids is 1. The Bertz CT molecular complexity index is 716. The van der Waals surface area contributed by atoms with Gasteiger partial charge in [0.2, 0.25) is 0 Å². The quantitative estimate of drug-likeness (QED) is 0.718. The lowest BCUT2D eigenvalue weighted by molar-refractivity contribution is 0.0475. The van der Waals surface area contributed by atoms with Crippen LogP contribution in [0.15, 0.2) is 17.2 Å². The number of aromatic nitrogens is 2. The molecule has 106 valence electrons. The van der Waals surface area contributed by atoms with Crippen LogP contribution in [0, 0.1) is 6.92 Å². The van der Waals surface area contributed by atoms with Crippen molar-refractivity contribution in [3.63, 3.8) is 0 Å². The van der Waals surface area contributed by atoms with Gasteiger partial charge in [-0.3, -0.25) is 9.59 Å². The number of fused-ring (bicyclic) bond motifs is 1. The number of carbonyl (C=O) groups is 1. The molecule has 1 fully saturated rings. The van der Waals surface area contributed by atoms with Crippen LogP contribution in [0.3, 0.4) is 0 Å². The molecule has 0 aliphatic carbocycles. The van der Waals surface area contributed by atoms with Crippen molar-refractivity contribution >= 4 is 16.8 Å². The smallest absolute Gasteiger partial charge is 0.258 e. The topological polar surface area (TPSA) is 89.2 Å². The number of piperidine rings is 1. The molecule has 1 amide bonds. The predicted molar refractivity (Wildman–Crippen MR) is 74.8 cm³/mol. The summed E-state index contributed by atoms with van der Waals surface area (Å²) in [6, 6.07) is 0. The van der Waals surface area contributed by atoms with Crippen LogP contribution in [0.1, 0.15) is 28.8 Å². The maximum atomic E-state index is 12.5. The third-order valence-electron chi connectivity index (χ3n) is 3.84. The first kappa shape index (κ1) is 12.9. The molecule has 3 N–H and O–H groups in total. The molecule has 1 aliphatic rings. The van der Waals surface area contributed by atoms with E-state index in [1.807, 2.05) is 6.92 Å². The summed E-state index contributed by atoms with van der Waals surface area (Å²) in [5.41, 5.74) is 1.68. The number of aliphatic hydroxyl groups excluding tert-OH is 1. The minimum Gasteiger partial charge on any atom is -0.391 e. The van der Waals surface area contributed by atoms with E-state index in [-0.39, 0.29) is 11.5 Å². The summed E-state index contributed by atoms with van der Waals surface area (Å²) in [7, 11) is 0. The Morgan fingerprint density at radius 2 is 2.20 bits per heavy atom. The zero-order valence-electron chi connectivity index (χ0n) is 11.3. The molecule has 1 unspecified atom stereocenters. The molecule has 20 heavy (non-hydrogen) atoms. The van der Waals surface area contributed by atoms with E-state index in [1.165, 1.54) is 0 Å². The van der Waals surface area contributed by atoms with Crippen LogP contribution in [0.4, 0.5) is 0 Å². The molecule has 6 heteroatoms. The number of aryl methyl sites for hydroxylation is 1. The van der Waals surface area contributed by atoms with Gasteiger partial charge in [0.15, 0.2) is 0 Å². The van der Waals surface area contributed by atoms with E-state index in [0.717, 1.165) is 18.4 Å². The van der Waals surface area contributed by atoms with Crippen LogP contribution in [0.5, 0.6) is 0 Å². The molecule has 2 aromatic heterocycles. The lowest BCUT2D eigenvalue weighted by atomic mass is 10.1. The summed E-state index contributed by atoms with van der Waals surface area (Å²) >= 11 is 0. The largest absolute Gasteiger partial charge is 0.391 e. The lowest BCUT2D eigenvalue weighted by Gasteiger charge is -2.29. The van der Waals surface area contributed by atoms with Crippen molar-refractivity contribution in [3.05, 3.63) is 33.9 Å². The Labute approximate surface area is 115 Å². The molecule has 1 atom stereocenters. The summed E-state index contributed by atoms with van der Waals surface area (Å²) in [5.74, 6) is -0.203. The molecule has 0 aromatic carbocycles. The molecule has 0 saturated carbocycles. The highest BCUT2D eigenvalue weighted by Gasteiger charge is 2.25. The molecule has 1 saturated heterocycles. The molecule has 0 radical (unpaired) electrons. The van der Waals surface area contributed by atoms with Crippen molar-refractivity contribution in [2.24, 2.45) is 0 Å². The number of rotatable bonds is 1. The number of aromatic amines is 2. The van der Waals surface area contributed by atoms with Gasteiger partial charge in [-0.15, -0.1) is 0 Å². The Balaban J connectivity index is 2.04. The van der Waals surface area contributed by atoms with Crippen molar-refractivity contribution in [2.75, 3.05) is 13.1 Å². The first-order valence-corrected chi connectivity index (χ1v) is 6.74. The third kappa shape index (κ3) is 2.02. The van der Waals surface area contributed by atoms with Crippen LogP contribution in [0.2, 0.25) is 0 Å². The molecule has 2 aromatic rings. The summed E-state index contributed by atoms with van der Waals surface area (Å²) in [4.78, 5) is 31.7. The first-order chi connectivity index (χ1) is 9.58. The summed E-state index contributed by atoms with van der Waals surface area (Å²) in [5, 5.41) is 10.1. The second-order valence-electron chi connectivity index (χ2n) is 5.30. The van der Waals surface area contributed by atoms with E-state index >= 15 is 0 Å². The lowest BCUT2D eigenvalue weighted by Crippen LogP contribution is -2.42. The fraction of sp³-hybridized carbons (Fsp3) is 0.429.